The minimum atomic E-state index is -0.273. The molecular formula is C5H14N2O. The molecule has 0 aromatic carbocycles. The van der Waals surface area contributed by atoms with Crippen LogP contribution in [0, 0.1) is 0 Å². The smallest absolute Gasteiger partial charge is 0.0678 e. The largest absolute Gasteiger partial charge is 0.392 e. The van der Waals surface area contributed by atoms with Crippen molar-refractivity contribution < 1.29 is 5.11 Å². The SMILES string of the molecule is CCC(O)CN(C)N. The van der Waals surface area contributed by atoms with Gasteiger partial charge >= 0.3 is 0 Å². The second-order valence-corrected chi connectivity index (χ2v) is 2.00. The van der Waals surface area contributed by atoms with E-state index in [-0.39, 0.29) is 6.10 Å². The Hall–Kier alpha value is -0.120. The maximum absolute atomic E-state index is 8.91. The van der Waals surface area contributed by atoms with Crippen LogP contribution in [0.4, 0.5) is 0 Å². The molecule has 0 fully saturated rings. The molecule has 0 bridgehead atoms. The average molecular weight is 118 g/mol. The molecule has 0 saturated carbocycles. The van der Waals surface area contributed by atoms with E-state index >= 15 is 0 Å². The molecule has 0 amide bonds. The van der Waals surface area contributed by atoms with Gasteiger partial charge in [-0.3, -0.25) is 5.84 Å². The molecule has 0 aromatic rings. The van der Waals surface area contributed by atoms with Crippen LogP contribution in [0.5, 0.6) is 0 Å². The topological polar surface area (TPSA) is 49.5 Å². The summed E-state index contributed by atoms with van der Waals surface area (Å²) in [6.07, 6.45) is 0.492. The Balaban J connectivity index is 3.10. The third kappa shape index (κ3) is 4.05. The van der Waals surface area contributed by atoms with Crippen LogP contribution >= 0.6 is 0 Å². The quantitative estimate of drug-likeness (QED) is 0.390. The summed E-state index contributed by atoms with van der Waals surface area (Å²) in [5.74, 6) is 5.24. The van der Waals surface area contributed by atoms with Gasteiger partial charge in [-0.25, -0.2) is 5.01 Å². The van der Waals surface area contributed by atoms with Gasteiger partial charge in [0, 0.05) is 13.6 Å². The lowest BCUT2D eigenvalue weighted by molar-refractivity contribution is 0.123. The van der Waals surface area contributed by atoms with Crippen molar-refractivity contribution in [2.75, 3.05) is 13.6 Å². The van der Waals surface area contributed by atoms with E-state index in [4.69, 9.17) is 10.9 Å². The van der Waals surface area contributed by atoms with Crippen LogP contribution in [0.25, 0.3) is 0 Å². The number of hydrogen-bond donors (Lipinski definition) is 2. The van der Waals surface area contributed by atoms with Crippen molar-refractivity contribution >= 4 is 0 Å². The van der Waals surface area contributed by atoms with Gasteiger partial charge < -0.3 is 5.11 Å². The first-order valence-electron chi connectivity index (χ1n) is 2.80. The van der Waals surface area contributed by atoms with Crippen LogP contribution in [0.2, 0.25) is 0 Å². The van der Waals surface area contributed by atoms with Crippen molar-refractivity contribution in [1.82, 2.24) is 5.01 Å². The molecule has 1 unspecified atom stereocenters. The fourth-order valence-electron chi connectivity index (χ4n) is 0.462. The van der Waals surface area contributed by atoms with Gasteiger partial charge in [0.25, 0.3) is 0 Å². The number of hydrazine groups is 1. The molecule has 0 rings (SSSR count). The maximum atomic E-state index is 8.91. The molecule has 1 atom stereocenters. The molecule has 0 aliphatic rings. The average Bonchev–Trinajstić information content (AvgIpc) is 1.65. The zero-order valence-electron chi connectivity index (χ0n) is 5.46. The van der Waals surface area contributed by atoms with Crippen LogP contribution in [0.15, 0.2) is 0 Å². The first kappa shape index (κ1) is 7.88. The van der Waals surface area contributed by atoms with Crippen LogP contribution in [-0.2, 0) is 0 Å². The number of nitrogens with two attached hydrogens (primary N) is 1. The number of nitrogens with zero attached hydrogens (tertiary/aromatic N) is 1. The third-order valence-corrected chi connectivity index (χ3v) is 0.970. The first-order valence-corrected chi connectivity index (χ1v) is 2.80. The molecule has 0 aromatic heterocycles. The van der Waals surface area contributed by atoms with Gasteiger partial charge in [0.05, 0.1) is 6.10 Å². The molecular weight excluding hydrogens is 104 g/mol. The Morgan fingerprint density at radius 1 is 1.75 bits per heavy atom. The van der Waals surface area contributed by atoms with Gasteiger partial charge in [0.15, 0.2) is 0 Å². The van der Waals surface area contributed by atoms with Gasteiger partial charge in [0.1, 0.15) is 0 Å². The summed E-state index contributed by atoms with van der Waals surface area (Å²) >= 11 is 0. The monoisotopic (exact) mass is 118 g/mol. The van der Waals surface area contributed by atoms with Crippen molar-refractivity contribution in [2.45, 2.75) is 19.4 Å². The van der Waals surface area contributed by atoms with Gasteiger partial charge in [-0.05, 0) is 6.42 Å². The summed E-state index contributed by atoms with van der Waals surface area (Å²) in [4.78, 5) is 0. The summed E-state index contributed by atoms with van der Waals surface area (Å²) in [7, 11) is 1.74. The van der Waals surface area contributed by atoms with Crippen molar-refractivity contribution in [2.24, 2.45) is 5.84 Å². The van der Waals surface area contributed by atoms with E-state index in [0.717, 1.165) is 6.42 Å². The zero-order valence-corrected chi connectivity index (χ0v) is 5.46. The molecule has 0 saturated heterocycles. The molecule has 0 aliphatic carbocycles. The van der Waals surface area contributed by atoms with Gasteiger partial charge in [-0.2, -0.15) is 0 Å². The van der Waals surface area contributed by atoms with E-state index in [1.165, 1.54) is 5.01 Å². The summed E-state index contributed by atoms with van der Waals surface area (Å²) in [5.41, 5.74) is 0. The lowest BCUT2D eigenvalue weighted by Crippen LogP contribution is -2.33. The van der Waals surface area contributed by atoms with E-state index < -0.39 is 0 Å². The Kier molecular flexibility index (Phi) is 3.77. The predicted molar refractivity (Wildman–Crippen MR) is 33.1 cm³/mol. The van der Waals surface area contributed by atoms with Crippen molar-refractivity contribution in [3.05, 3.63) is 0 Å². The molecule has 0 heterocycles. The summed E-state index contributed by atoms with van der Waals surface area (Å²) in [6, 6.07) is 0. The lowest BCUT2D eigenvalue weighted by atomic mass is 10.3. The fraction of sp³-hybridized carbons (Fsp3) is 1.00. The number of rotatable bonds is 3. The number of hydrogen-bond acceptors (Lipinski definition) is 3. The Morgan fingerprint density at radius 3 is 2.38 bits per heavy atom. The molecule has 3 heteroatoms. The number of aliphatic hydroxyl groups is 1. The second-order valence-electron chi connectivity index (χ2n) is 2.00. The lowest BCUT2D eigenvalue weighted by Gasteiger charge is -2.12. The van der Waals surface area contributed by atoms with Crippen LogP contribution in [-0.4, -0.2) is 29.8 Å². The highest BCUT2D eigenvalue weighted by atomic mass is 16.3. The molecule has 50 valence electrons. The second kappa shape index (κ2) is 3.83. The maximum Gasteiger partial charge on any atom is 0.0678 e. The molecule has 8 heavy (non-hydrogen) atoms. The third-order valence-electron chi connectivity index (χ3n) is 0.970. The minimum absolute atomic E-state index is 0.273. The van der Waals surface area contributed by atoms with E-state index in [0.29, 0.717) is 6.54 Å². The molecule has 0 radical (unpaired) electrons. The van der Waals surface area contributed by atoms with Crippen LogP contribution in [0.1, 0.15) is 13.3 Å². The molecule has 3 N–H and O–H groups in total. The normalized spacial score (nSPS) is 14.6. The number of aliphatic hydroxyl groups excluding tert-OH is 1. The van der Waals surface area contributed by atoms with E-state index in [9.17, 15) is 0 Å². The van der Waals surface area contributed by atoms with E-state index in [1.54, 1.807) is 7.05 Å². The molecule has 3 nitrogen and oxygen atoms in total. The van der Waals surface area contributed by atoms with E-state index in [1.807, 2.05) is 6.92 Å². The highest BCUT2D eigenvalue weighted by Crippen LogP contribution is 1.88. The Labute approximate surface area is 50.1 Å². The molecule has 0 aliphatic heterocycles. The van der Waals surface area contributed by atoms with Crippen molar-refractivity contribution in [3.8, 4) is 0 Å². The van der Waals surface area contributed by atoms with Crippen LogP contribution < -0.4 is 5.84 Å². The summed E-state index contributed by atoms with van der Waals surface area (Å²) < 4.78 is 0. The number of likely N-dealkylation sites (N-methyl/N-ethyl adjacent to an activating group) is 1. The molecule has 0 spiro atoms. The van der Waals surface area contributed by atoms with Crippen LogP contribution in [0.3, 0.4) is 0 Å². The highest BCUT2D eigenvalue weighted by Gasteiger charge is 1.99. The Bertz CT molecular complexity index is 56.4. The predicted octanol–water partition coefficient (Wildman–Crippen LogP) is -0.437. The summed E-state index contributed by atoms with van der Waals surface area (Å²) in [6.45, 7) is 2.48. The standard InChI is InChI=1S/C5H14N2O/c1-3-5(8)4-7(2)6/h5,8H,3-4,6H2,1-2H3. The Morgan fingerprint density at radius 2 is 2.25 bits per heavy atom. The van der Waals surface area contributed by atoms with Crippen molar-refractivity contribution in [1.29, 1.82) is 0 Å². The van der Waals surface area contributed by atoms with Crippen molar-refractivity contribution in [3.63, 3.8) is 0 Å². The first-order chi connectivity index (χ1) is 3.66. The zero-order chi connectivity index (χ0) is 6.57. The highest BCUT2D eigenvalue weighted by molar-refractivity contribution is 4.52. The minimum Gasteiger partial charge on any atom is -0.392 e. The van der Waals surface area contributed by atoms with Gasteiger partial charge in [0.2, 0.25) is 0 Å². The summed E-state index contributed by atoms with van der Waals surface area (Å²) in [5, 5.41) is 10.4. The van der Waals surface area contributed by atoms with Gasteiger partial charge in [-0.1, -0.05) is 6.92 Å². The van der Waals surface area contributed by atoms with E-state index in [2.05, 4.69) is 0 Å². The van der Waals surface area contributed by atoms with Gasteiger partial charge in [-0.15, -0.1) is 0 Å². The fourth-order valence-corrected chi connectivity index (χ4v) is 0.462.